The molecule has 130 valence electrons. The molecule has 0 saturated heterocycles. The smallest absolute Gasteiger partial charge is 0.315 e. The highest BCUT2D eigenvalue weighted by Gasteiger charge is 2.24. The van der Waals surface area contributed by atoms with E-state index in [0.717, 1.165) is 17.7 Å². The van der Waals surface area contributed by atoms with Crippen LogP contribution in [0.15, 0.2) is 41.4 Å². The fourth-order valence-electron chi connectivity index (χ4n) is 2.67. The van der Waals surface area contributed by atoms with E-state index in [-0.39, 0.29) is 18.0 Å². The molecule has 7 heteroatoms. The third-order valence-electron chi connectivity index (χ3n) is 4.03. The molecule has 0 atom stereocenters. The van der Waals surface area contributed by atoms with Crippen LogP contribution in [0.4, 0.5) is 5.69 Å². The molecule has 1 heterocycles. The molecular formula is C18H19N3O4. The lowest BCUT2D eigenvalue weighted by molar-refractivity contribution is -0.386. The number of benzene rings is 2. The van der Waals surface area contributed by atoms with Gasteiger partial charge in [-0.05, 0) is 24.1 Å². The second-order valence-electron chi connectivity index (χ2n) is 5.66. The second kappa shape index (κ2) is 7.21. The molecule has 1 aliphatic heterocycles. The number of amidine groups is 1. The van der Waals surface area contributed by atoms with Crippen molar-refractivity contribution >= 4 is 11.5 Å². The Labute approximate surface area is 145 Å². The zero-order valence-corrected chi connectivity index (χ0v) is 14.1. The molecule has 0 fully saturated rings. The third-order valence-corrected chi connectivity index (χ3v) is 4.03. The lowest BCUT2D eigenvalue weighted by Crippen LogP contribution is -2.19. The van der Waals surface area contributed by atoms with Gasteiger partial charge in [-0.15, -0.1) is 0 Å². The van der Waals surface area contributed by atoms with E-state index in [9.17, 15) is 10.1 Å². The maximum Gasteiger partial charge on any atom is 0.315 e. The van der Waals surface area contributed by atoms with Gasteiger partial charge in [0.15, 0.2) is 5.75 Å². The molecule has 0 bridgehead atoms. The minimum Gasteiger partial charge on any atom is -0.493 e. The molecule has 0 spiro atoms. The summed E-state index contributed by atoms with van der Waals surface area (Å²) in [7, 11) is 1.47. The Kier molecular flexibility index (Phi) is 4.83. The average molecular weight is 341 g/mol. The van der Waals surface area contributed by atoms with Crippen molar-refractivity contribution in [3.63, 3.8) is 0 Å². The van der Waals surface area contributed by atoms with E-state index < -0.39 is 4.92 Å². The van der Waals surface area contributed by atoms with Crippen molar-refractivity contribution in [1.82, 2.24) is 5.32 Å². The Balaban J connectivity index is 1.96. The predicted octanol–water partition coefficient (Wildman–Crippen LogP) is 2.84. The van der Waals surface area contributed by atoms with Crippen molar-refractivity contribution in [1.29, 1.82) is 0 Å². The van der Waals surface area contributed by atoms with Crippen LogP contribution < -0.4 is 14.8 Å². The molecule has 0 aromatic heterocycles. The summed E-state index contributed by atoms with van der Waals surface area (Å²) in [5.41, 5.74) is 2.50. The number of hydrogen-bond acceptors (Lipinski definition) is 6. The summed E-state index contributed by atoms with van der Waals surface area (Å²) in [6, 6.07) is 10.9. The highest BCUT2D eigenvalue weighted by Crippen LogP contribution is 2.39. The molecule has 0 amide bonds. The lowest BCUT2D eigenvalue weighted by atomic mass is 10.1. The summed E-state index contributed by atoms with van der Waals surface area (Å²) in [6.45, 7) is 3.56. The van der Waals surface area contributed by atoms with Gasteiger partial charge in [0.25, 0.3) is 0 Å². The summed E-state index contributed by atoms with van der Waals surface area (Å²) in [5, 5.41) is 14.7. The molecule has 1 aliphatic rings. The van der Waals surface area contributed by atoms with Gasteiger partial charge in [0, 0.05) is 18.2 Å². The Morgan fingerprint density at radius 2 is 2.12 bits per heavy atom. The molecular weight excluding hydrogens is 322 g/mol. The molecule has 0 radical (unpaired) electrons. The molecule has 7 nitrogen and oxygen atoms in total. The number of rotatable bonds is 6. The van der Waals surface area contributed by atoms with E-state index in [2.05, 4.69) is 10.3 Å². The quantitative estimate of drug-likeness (QED) is 0.645. The first-order valence-corrected chi connectivity index (χ1v) is 7.92. The van der Waals surface area contributed by atoms with E-state index in [1.165, 1.54) is 13.2 Å². The first-order chi connectivity index (χ1) is 12.1. The fourth-order valence-corrected chi connectivity index (χ4v) is 2.67. The summed E-state index contributed by atoms with van der Waals surface area (Å²) in [5.74, 6) is 1.07. The van der Waals surface area contributed by atoms with E-state index in [4.69, 9.17) is 9.47 Å². The standard InChI is InChI=1S/C18H19N3O4/c1-12-5-3-4-6-13(12)11-25-17-15(21(22)23)9-14(10-16(17)24-2)18-19-7-8-20-18/h3-6,9-10H,7-8,11H2,1-2H3,(H,19,20). The van der Waals surface area contributed by atoms with Crippen molar-refractivity contribution in [3.8, 4) is 11.5 Å². The Morgan fingerprint density at radius 1 is 1.32 bits per heavy atom. The van der Waals surface area contributed by atoms with E-state index in [1.807, 2.05) is 31.2 Å². The first kappa shape index (κ1) is 16.8. The van der Waals surface area contributed by atoms with Crippen LogP contribution in [0.3, 0.4) is 0 Å². The summed E-state index contributed by atoms with van der Waals surface area (Å²) < 4.78 is 11.1. The highest BCUT2D eigenvalue weighted by atomic mass is 16.6. The maximum atomic E-state index is 11.5. The lowest BCUT2D eigenvalue weighted by Gasteiger charge is -2.14. The maximum absolute atomic E-state index is 11.5. The molecule has 2 aromatic carbocycles. The molecule has 3 rings (SSSR count). The summed E-state index contributed by atoms with van der Waals surface area (Å²) in [6.07, 6.45) is 0. The van der Waals surface area contributed by atoms with E-state index >= 15 is 0 Å². The molecule has 2 aromatic rings. The molecule has 1 N–H and O–H groups in total. The number of nitrogens with zero attached hydrogens (tertiary/aromatic N) is 2. The van der Waals surface area contributed by atoms with Gasteiger partial charge in [0.05, 0.1) is 18.6 Å². The van der Waals surface area contributed by atoms with Gasteiger partial charge in [-0.2, -0.15) is 0 Å². The van der Waals surface area contributed by atoms with Crippen molar-refractivity contribution in [2.75, 3.05) is 20.2 Å². The van der Waals surface area contributed by atoms with E-state index in [1.54, 1.807) is 6.07 Å². The van der Waals surface area contributed by atoms with Gasteiger partial charge in [0.1, 0.15) is 12.4 Å². The molecule has 0 saturated carbocycles. The van der Waals surface area contributed by atoms with Crippen LogP contribution in [0.25, 0.3) is 0 Å². The minimum absolute atomic E-state index is 0.123. The Hall–Kier alpha value is -3.09. The number of nitro benzene ring substituents is 1. The third kappa shape index (κ3) is 3.55. The SMILES string of the molecule is COc1cc(C2=NCCN2)cc([N+](=O)[O-])c1OCc1ccccc1C. The summed E-state index contributed by atoms with van der Waals surface area (Å²) >= 11 is 0. The number of aliphatic imine (C=N–C) groups is 1. The normalized spacial score (nSPS) is 13.1. The monoisotopic (exact) mass is 341 g/mol. The van der Waals surface area contributed by atoms with Crippen molar-refractivity contribution < 1.29 is 14.4 Å². The number of ether oxygens (including phenoxy) is 2. The average Bonchev–Trinajstić information content (AvgIpc) is 3.15. The number of hydrogen-bond donors (Lipinski definition) is 1. The zero-order chi connectivity index (χ0) is 17.8. The number of nitrogens with one attached hydrogen (secondary N) is 1. The van der Waals surface area contributed by atoms with E-state index in [0.29, 0.717) is 23.7 Å². The Morgan fingerprint density at radius 3 is 2.76 bits per heavy atom. The second-order valence-corrected chi connectivity index (χ2v) is 5.66. The minimum atomic E-state index is -0.464. The van der Waals surface area contributed by atoms with Gasteiger partial charge in [-0.3, -0.25) is 15.1 Å². The van der Waals surface area contributed by atoms with Crippen molar-refractivity contribution in [2.24, 2.45) is 4.99 Å². The molecule has 0 unspecified atom stereocenters. The Bertz CT molecular complexity index is 833. The number of aryl methyl sites for hydroxylation is 1. The van der Waals surface area contributed by atoms with Gasteiger partial charge >= 0.3 is 5.69 Å². The first-order valence-electron chi connectivity index (χ1n) is 7.92. The fraction of sp³-hybridized carbons (Fsp3) is 0.278. The number of nitro groups is 1. The van der Waals surface area contributed by atoms with Crippen LogP contribution in [0.1, 0.15) is 16.7 Å². The predicted molar refractivity (Wildman–Crippen MR) is 94.6 cm³/mol. The topological polar surface area (TPSA) is 86.0 Å². The van der Waals surface area contributed by atoms with Gasteiger partial charge in [-0.1, -0.05) is 24.3 Å². The number of methoxy groups -OCH3 is 1. The largest absolute Gasteiger partial charge is 0.493 e. The van der Waals surface area contributed by atoms with Crippen LogP contribution in [-0.4, -0.2) is 31.0 Å². The van der Waals surface area contributed by atoms with Crippen LogP contribution in [-0.2, 0) is 6.61 Å². The van der Waals surface area contributed by atoms with Crippen LogP contribution in [0.5, 0.6) is 11.5 Å². The zero-order valence-electron chi connectivity index (χ0n) is 14.1. The van der Waals surface area contributed by atoms with Crippen molar-refractivity contribution in [3.05, 3.63) is 63.2 Å². The van der Waals surface area contributed by atoms with Crippen LogP contribution >= 0.6 is 0 Å². The van der Waals surface area contributed by atoms with Gasteiger partial charge in [0.2, 0.25) is 5.75 Å². The van der Waals surface area contributed by atoms with Gasteiger partial charge in [-0.25, -0.2) is 0 Å². The molecule has 0 aliphatic carbocycles. The van der Waals surface area contributed by atoms with Crippen molar-refractivity contribution in [2.45, 2.75) is 13.5 Å². The molecule has 25 heavy (non-hydrogen) atoms. The summed E-state index contributed by atoms with van der Waals surface area (Å²) in [4.78, 5) is 15.4. The van der Waals surface area contributed by atoms with Crippen LogP contribution in [0, 0.1) is 17.0 Å². The highest BCUT2D eigenvalue weighted by molar-refractivity contribution is 6.01. The van der Waals surface area contributed by atoms with Crippen LogP contribution in [0.2, 0.25) is 0 Å². The van der Waals surface area contributed by atoms with Gasteiger partial charge < -0.3 is 14.8 Å².